The van der Waals surface area contributed by atoms with Gasteiger partial charge in [-0.3, -0.25) is 9.59 Å². The van der Waals surface area contributed by atoms with Gasteiger partial charge < -0.3 is 0 Å². The molecule has 1 aromatic rings. The molecule has 0 bridgehead atoms. The highest BCUT2D eigenvalue weighted by molar-refractivity contribution is 6.05. The highest BCUT2D eigenvalue weighted by Gasteiger charge is 2.00. The molecule has 0 fully saturated rings. The average Bonchev–Trinajstić information content (AvgIpc) is 2.49. The molecule has 2 heteroatoms. The van der Waals surface area contributed by atoms with Crippen LogP contribution >= 0.6 is 0 Å². The average molecular weight is 260 g/mol. The zero-order valence-electron chi connectivity index (χ0n) is 10.7. The third-order valence-corrected chi connectivity index (χ3v) is 3.26. The minimum absolute atomic E-state index is 0.0167. The van der Waals surface area contributed by atoms with Gasteiger partial charge in [0.05, 0.1) is 0 Å². The molecule has 0 saturated carbocycles. The van der Waals surface area contributed by atoms with E-state index >= 15 is 0 Å². The zero-order valence-corrected chi connectivity index (χ0v) is 10.7. The summed E-state index contributed by atoms with van der Waals surface area (Å²) in [6.45, 7) is 0. The van der Waals surface area contributed by atoms with Crippen molar-refractivity contribution >= 4 is 22.7 Å². The summed E-state index contributed by atoms with van der Waals surface area (Å²) in [6, 6.07) is 8.06. The number of carbonyl (C=O) groups excluding carboxylic acids is 2. The summed E-state index contributed by atoms with van der Waals surface area (Å²) in [5.74, 6) is 0.0335. The first-order valence-corrected chi connectivity index (χ1v) is 6.37. The molecular weight excluding hydrogens is 248 g/mol. The van der Waals surface area contributed by atoms with Crippen LogP contribution < -0.4 is 10.4 Å². The largest absolute Gasteiger partial charge is 0.290 e. The minimum atomic E-state index is 0.0167. The first kappa shape index (κ1) is 12.3. The van der Waals surface area contributed by atoms with Crippen molar-refractivity contribution in [3.63, 3.8) is 0 Å². The molecular formula is C18H12O2. The summed E-state index contributed by atoms with van der Waals surface area (Å²) in [6.07, 6.45) is 13.6. The second-order valence-corrected chi connectivity index (χ2v) is 4.63. The molecule has 0 saturated heterocycles. The lowest BCUT2D eigenvalue weighted by molar-refractivity contribution is -0.111. The lowest BCUT2D eigenvalue weighted by Crippen LogP contribution is -2.12. The van der Waals surface area contributed by atoms with E-state index in [-0.39, 0.29) is 11.6 Å². The molecule has 0 atom stereocenters. The van der Waals surface area contributed by atoms with Gasteiger partial charge in [-0.15, -0.1) is 0 Å². The van der Waals surface area contributed by atoms with Crippen molar-refractivity contribution in [2.24, 2.45) is 0 Å². The molecule has 1 aromatic carbocycles. The molecule has 0 aliphatic heterocycles. The summed E-state index contributed by atoms with van der Waals surface area (Å²) in [4.78, 5) is 22.2. The van der Waals surface area contributed by atoms with E-state index in [1.54, 1.807) is 24.3 Å². The van der Waals surface area contributed by atoms with Gasteiger partial charge in [-0.25, -0.2) is 0 Å². The summed E-state index contributed by atoms with van der Waals surface area (Å²) < 4.78 is 0. The first-order valence-electron chi connectivity index (χ1n) is 6.37. The fourth-order valence-corrected chi connectivity index (χ4v) is 2.15. The maximum atomic E-state index is 11.1. The molecule has 0 aromatic heterocycles. The Bertz CT molecular complexity index is 700. The lowest BCUT2D eigenvalue weighted by Gasteiger charge is -2.01. The van der Waals surface area contributed by atoms with E-state index in [2.05, 4.69) is 0 Å². The molecule has 2 aliphatic rings. The van der Waals surface area contributed by atoms with Gasteiger partial charge in [-0.05, 0) is 45.9 Å². The van der Waals surface area contributed by atoms with Crippen LogP contribution in [0.15, 0.2) is 72.9 Å². The van der Waals surface area contributed by atoms with Gasteiger partial charge in [0, 0.05) is 0 Å². The van der Waals surface area contributed by atoms with E-state index in [0.717, 1.165) is 21.6 Å². The van der Waals surface area contributed by atoms with Crippen LogP contribution in [-0.2, 0) is 9.59 Å². The van der Waals surface area contributed by atoms with Gasteiger partial charge >= 0.3 is 0 Å². The smallest absolute Gasteiger partial charge is 0.178 e. The van der Waals surface area contributed by atoms with E-state index in [0.29, 0.717) is 0 Å². The summed E-state index contributed by atoms with van der Waals surface area (Å²) in [5.41, 5.74) is 2.04. The standard InChI is InChI=1S/C18H12O2/c19-17-9-5-15(6-10-17)13-1-2-14(4-3-13)16-7-11-18(20)12-8-16/h1-12H. The number of hydrogen-bond donors (Lipinski definition) is 0. The van der Waals surface area contributed by atoms with Crippen molar-refractivity contribution in [2.45, 2.75) is 0 Å². The number of carbonyl (C=O) groups is 2. The van der Waals surface area contributed by atoms with Crippen molar-refractivity contribution in [3.05, 3.63) is 83.3 Å². The van der Waals surface area contributed by atoms with E-state index in [4.69, 9.17) is 0 Å². The Morgan fingerprint density at radius 3 is 1.05 bits per heavy atom. The SMILES string of the molecule is O=C1C=CC(=c2ccc(=C3C=CC(=O)C=C3)cc2)C=C1. The van der Waals surface area contributed by atoms with Crippen LogP contribution in [0.5, 0.6) is 0 Å². The molecule has 0 unspecified atom stereocenters. The molecule has 0 heterocycles. The third kappa shape index (κ3) is 2.50. The van der Waals surface area contributed by atoms with E-state index in [1.807, 2.05) is 48.6 Å². The van der Waals surface area contributed by atoms with Gasteiger partial charge in [-0.2, -0.15) is 0 Å². The fraction of sp³-hybridized carbons (Fsp3) is 0. The Morgan fingerprint density at radius 1 is 0.450 bits per heavy atom. The van der Waals surface area contributed by atoms with Crippen molar-refractivity contribution in [1.82, 2.24) is 0 Å². The van der Waals surface area contributed by atoms with Gasteiger partial charge in [-0.1, -0.05) is 48.6 Å². The van der Waals surface area contributed by atoms with E-state index < -0.39 is 0 Å². The maximum absolute atomic E-state index is 11.1. The van der Waals surface area contributed by atoms with Gasteiger partial charge in [0.1, 0.15) is 0 Å². The molecule has 2 aliphatic carbocycles. The van der Waals surface area contributed by atoms with Crippen molar-refractivity contribution < 1.29 is 9.59 Å². The Morgan fingerprint density at radius 2 is 0.750 bits per heavy atom. The predicted octanol–water partition coefficient (Wildman–Crippen LogP) is 1.38. The fourth-order valence-electron chi connectivity index (χ4n) is 2.15. The normalized spacial score (nSPS) is 17.2. The first-order chi connectivity index (χ1) is 9.72. The second kappa shape index (κ2) is 5.10. The van der Waals surface area contributed by atoms with Crippen molar-refractivity contribution in [1.29, 1.82) is 0 Å². The van der Waals surface area contributed by atoms with Crippen LogP contribution in [-0.4, -0.2) is 11.6 Å². The van der Waals surface area contributed by atoms with E-state index in [1.165, 1.54) is 0 Å². The molecule has 2 nitrogen and oxygen atoms in total. The second-order valence-electron chi connectivity index (χ2n) is 4.63. The van der Waals surface area contributed by atoms with Crippen LogP contribution in [0.1, 0.15) is 0 Å². The minimum Gasteiger partial charge on any atom is -0.290 e. The maximum Gasteiger partial charge on any atom is 0.178 e. The topological polar surface area (TPSA) is 34.1 Å². The van der Waals surface area contributed by atoms with Gasteiger partial charge in [0.2, 0.25) is 0 Å². The molecule has 3 rings (SSSR count). The predicted molar refractivity (Wildman–Crippen MR) is 79.1 cm³/mol. The number of benzene rings is 1. The highest BCUT2D eigenvalue weighted by atomic mass is 16.1. The number of ketones is 2. The van der Waals surface area contributed by atoms with Gasteiger partial charge in [0.15, 0.2) is 11.6 Å². The van der Waals surface area contributed by atoms with Crippen molar-refractivity contribution in [2.75, 3.05) is 0 Å². The molecule has 96 valence electrons. The monoisotopic (exact) mass is 260 g/mol. The third-order valence-electron chi connectivity index (χ3n) is 3.26. The van der Waals surface area contributed by atoms with Gasteiger partial charge in [0.25, 0.3) is 0 Å². The van der Waals surface area contributed by atoms with Crippen LogP contribution in [0.2, 0.25) is 0 Å². The number of rotatable bonds is 0. The number of hydrogen-bond acceptors (Lipinski definition) is 2. The Hall–Kier alpha value is -2.74. The van der Waals surface area contributed by atoms with Crippen LogP contribution in [0.4, 0.5) is 0 Å². The lowest BCUT2D eigenvalue weighted by atomic mass is 10.0. The van der Waals surface area contributed by atoms with Crippen LogP contribution in [0.3, 0.4) is 0 Å². The Balaban J connectivity index is 2.05. The highest BCUT2D eigenvalue weighted by Crippen LogP contribution is 2.06. The Labute approximate surface area is 116 Å². The summed E-state index contributed by atoms with van der Waals surface area (Å²) >= 11 is 0. The van der Waals surface area contributed by atoms with Crippen LogP contribution in [0.25, 0.3) is 11.1 Å². The molecule has 0 radical (unpaired) electrons. The molecule has 0 N–H and O–H groups in total. The van der Waals surface area contributed by atoms with Crippen LogP contribution in [0, 0.1) is 0 Å². The van der Waals surface area contributed by atoms with E-state index in [9.17, 15) is 9.59 Å². The number of allylic oxidation sites excluding steroid dienone is 8. The summed E-state index contributed by atoms with van der Waals surface area (Å²) in [5, 5.41) is 2.13. The Kier molecular flexibility index (Phi) is 3.13. The molecule has 0 amide bonds. The zero-order chi connectivity index (χ0) is 13.9. The molecule has 0 spiro atoms. The summed E-state index contributed by atoms with van der Waals surface area (Å²) in [7, 11) is 0. The quantitative estimate of drug-likeness (QED) is 0.706. The van der Waals surface area contributed by atoms with Crippen molar-refractivity contribution in [3.8, 4) is 0 Å². The molecule has 20 heavy (non-hydrogen) atoms.